The third-order valence-electron chi connectivity index (χ3n) is 4.96. The quantitative estimate of drug-likeness (QED) is 0.478. The number of amides is 1. The molecule has 8 heteroatoms. The molecule has 162 valence electrons. The van der Waals surface area contributed by atoms with E-state index in [2.05, 4.69) is 29.5 Å². The monoisotopic (exact) mass is 429 g/mol. The maximum absolute atomic E-state index is 12.7. The number of methoxy groups -OCH3 is 1. The Morgan fingerprint density at radius 2 is 1.84 bits per heavy atom. The van der Waals surface area contributed by atoms with Gasteiger partial charge >= 0.3 is 0 Å². The van der Waals surface area contributed by atoms with Crippen molar-refractivity contribution in [3.63, 3.8) is 0 Å². The second-order valence-corrected chi connectivity index (χ2v) is 7.40. The fraction of sp³-hybridized carbons (Fsp3) is 0.208. The third-order valence-corrected chi connectivity index (χ3v) is 4.96. The maximum Gasteiger partial charge on any atom is 0.292 e. The lowest BCUT2D eigenvalue weighted by Crippen LogP contribution is -2.31. The minimum absolute atomic E-state index is 0.0655. The zero-order chi connectivity index (χ0) is 23.3. The van der Waals surface area contributed by atoms with Crippen LogP contribution in [0.3, 0.4) is 0 Å². The number of benzene rings is 2. The summed E-state index contributed by atoms with van der Waals surface area (Å²) in [6.45, 7) is 5.73. The van der Waals surface area contributed by atoms with Crippen molar-refractivity contribution < 1.29 is 9.53 Å². The van der Waals surface area contributed by atoms with Crippen LogP contribution in [0.15, 0.2) is 58.4 Å². The van der Waals surface area contributed by atoms with Crippen molar-refractivity contribution in [1.29, 1.82) is 5.26 Å². The summed E-state index contributed by atoms with van der Waals surface area (Å²) in [6, 6.07) is 16.2. The molecule has 0 saturated carbocycles. The van der Waals surface area contributed by atoms with Crippen molar-refractivity contribution in [2.45, 2.75) is 26.7 Å². The number of nitrogens with one attached hydrogen (secondary N) is 1. The van der Waals surface area contributed by atoms with Gasteiger partial charge in [0.1, 0.15) is 17.4 Å². The second-order valence-electron chi connectivity index (χ2n) is 7.40. The molecule has 0 atom stereocenters. The number of hydrogen-bond acceptors (Lipinski definition) is 6. The van der Waals surface area contributed by atoms with Crippen LogP contribution in [0.4, 0.5) is 0 Å². The van der Waals surface area contributed by atoms with E-state index in [9.17, 15) is 14.9 Å². The molecular weight excluding hydrogens is 406 g/mol. The van der Waals surface area contributed by atoms with Gasteiger partial charge in [-0.3, -0.25) is 9.59 Å². The molecule has 3 aromatic rings. The van der Waals surface area contributed by atoms with Crippen LogP contribution >= 0.6 is 0 Å². The second kappa shape index (κ2) is 9.71. The van der Waals surface area contributed by atoms with Gasteiger partial charge in [0.15, 0.2) is 5.69 Å². The Morgan fingerprint density at radius 1 is 1.19 bits per heavy atom. The van der Waals surface area contributed by atoms with Crippen molar-refractivity contribution in [3.05, 3.63) is 86.8 Å². The van der Waals surface area contributed by atoms with E-state index in [1.807, 2.05) is 30.3 Å². The minimum atomic E-state index is -0.628. The van der Waals surface area contributed by atoms with Crippen LogP contribution in [0.5, 0.6) is 5.75 Å². The molecule has 0 aliphatic heterocycles. The number of nitrogens with zero attached hydrogens (tertiary/aromatic N) is 4. The third kappa shape index (κ3) is 4.73. The van der Waals surface area contributed by atoms with E-state index in [4.69, 9.17) is 4.74 Å². The van der Waals surface area contributed by atoms with Gasteiger partial charge in [-0.15, -0.1) is 0 Å². The van der Waals surface area contributed by atoms with Gasteiger partial charge in [-0.1, -0.05) is 38.1 Å². The number of ether oxygens (including phenoxy) is 1. The summed E-state index contributed by atoms with van der Waals surface area (Å²) >= 11 is 0. The van der Waals surface area contributed by atoms with Crippen LogP contribution in [0, 0.1) is 18.3 Å². The topological polar surface area (TPSA) is 109 Å². The summed E-state index contributed by atoms with van der Waals surface area (Å²) in [5.41, 5.74) is 4.20. The van der Waals surface area contributed by atoms with Crippen LogP contribution in [-0.2, 0) is 0 Å². The molecular formula is C24H23N5O3. The first-order valence-electron chi connectivity index (χ1n) is 9.97. The number of carbonyl (C=O) groups is 1. The summed E-state index contributed by atoms with van der Waals surface area (Å²) in [5, 5.41) is 17.6. The van der Waals surface area contributed by atoms with Crippen LogP contribution in [0.2, 0.25) is 0 Å². The minimum Gasteiger partial charge on any atom is -0.497 e. The Labute approximate surface area is 185 Å². The molecule has 1 amide bonds. The van der Waals surface area contributed by atoms with E-state index in [0.717, 1.165) is 10.2 Å². The zero-order valence-electron chi connectivity index (χ0n) is 18.3. The van der Waals surface area contributed by atoms with Crippen molar-refractivity contribution in [1.82, 2.24) is 15.2 Å². The van der Waals surface area contributed by atoms with Crippen molar-refractivity contribution in [2.24, 2.45) is 5.10 Å². The average molecular weight is 429 g/mol. The van der Waals surface area contributed by atoms with Gasteiger partial charge in [-0.2, -0.15) is 20.1 Å². The Bertz CT molecular complexity index is 1250. The fourth-order valence-electron chi connectivity index (χ4n) is 3.04. The summed E-state index contributed by atoms with van der Waals surface area (Å²) < 4.78 is 6.14. The van der Waals surface area contributed by atoms with Crippen LogP contribution in [0.25, 0.3) is 5.69 Å². The lowest BCUT2D eigenvalue weighted by Gasteiger charge is -2.11. The molecule has 0 saturated heterocycles. The van der Waals surface area contributed by atoms with Crippen molar-refractivity contribution in [3.8, 4) is 17.5 Å². The van der Waals surface area contributed by atoms with E-state index < -0.39 is 11.5 Å². The largest absolute Gasteiger partial charge is 0.497 e. The molecule has 8 nitrogen and oxygen atoms in total. The average Bonchev–Trinajstić information content (AvgIpc) is 2.80. The van der Waals surface area contributed by atoms with Crippen molar-refractivity contribution >= 4 is 12.1 Å². The lowest BCUT2D eigenvalue weighted by atomic mass is 10.0. The molecule has 1 aromatic heterocycles. The molecule has 0 aliphatic carbocycles. The van der Waals surface area contributed by atoms with Gasteiger partial charge in [0, 0.05) is 5.56 Å². The smallest absolute Gasteiger partial charge is 0.292 e. The number of carbonyl (C=O) groups excluding carboxylic acids is 1. The first-order valence-corrected chi connectivity index (χ1v) is 9.97. The summed E-state index contributed by atoms with van der Waals surface area (Å²) in [4.78, 5) is 25.4. The molecule has 0 fully saturated rings. The standard InChI is InChI=1S/C24H23N5O3/c1-15(2)18-7-5-17(6-8-18)14-26-27-23(30)22-16(3)21(13-25)24(31)29(28-22)19-9-11-20(32-4)12-10-19/h5-12,14-15H,1-4H3,(H,27,30)/b26-14+. The Balaban J connectivity index is 1.89. The van der Waals surface area contributed by atoms with Crippen molar-refractivity contribution in [2.75, 3.05) is 7.11 Å². The summed E-state index contributed by atoms with van der Waals surface area (Å²) in [5.74, 6) is 0.393. The van der Waals surface area contributed by atoms with Gasteiger partial charge in [0.05, 0.1) is 19.0 Å². The van der Waals surface area contributed by atoms with Gasteiger partial charge in [-0.05, 0) is 48.2 Å². The van der Waals surface area contributed by atoms with E-state index in [-0.39, 0.29) is 16.8 Å². The van der Waals surface area contributed by atoms with Gasteiger partial charge < -0.3 is 4.74 Å². The predicted octanol–water partition coefficient (Wildman–Crippen LogP) is 3.31. The highest BCUT2D eigenvalue weighted by Crippen LogP contribution is 2.15. The summed E-state index contributed by atoms with van der Waals surface area (Å²) in [7, 11) is 1.53. The number of rotatable bonds is 6. The zero-order valence-corrected chi connectivity index (χ0v) is 18.3. The van der Waals surface area contributed by atoms with Gasteiger partial charge in [0.2, 0.25) is 0 Å². The molecule has 3 rings (SSSR count). The molecule has 0 bridgehead atoms. The van der Waals surface area contributed by atoms with E-state index in [0.29, 0.717) is 17.4 Å². The van der Waals surface area contributed by atoms with Crippen LogP contribution in [-0.4, -0.2) is 29.0 Å². The molecule has 1 N–H and O–H groups in total. The fourth-order valence-corrected chi connectivity index (χ4v) is 3.04. The molecule has 0 unspecified atom stereocenters. The SMILES string of the molecule is COc1ccc(-n2nc(C(=O)N/N=C/c3ccc(C(C)C)cc3)c(C)c(C#N)c2=O)cc1. The number of hydrazone groups is 1. The van der Waals surface area contributed by atoms with Crippen LogP contribution in [0.1, 0.15) is 52.5 Å². The Morgan fingerprint density at radius 3 is 2.41 bits per heavy atom. The molecule has 2 aromatic carbocycles. The predicted molar refractivity (Wildman–Crippen MR) is 121 cm³/mol. The lowest BCUT2D eigenvalue weighted by molar-refractivity contribution is 0.0947. The highest BCUT2D eigenvalue weighted by molar-refractivity contribution is 5.94. The van der Waals surface area contributed by atoms with E-state index in [1.54, 1.807) is 24.3 Å². The first-order chi connectivity index (χ1) is 15.3. The first kappa shape index (κ1) is 22.4. The highest BCUT2D eigenvalue weighted by Gasteiger charge is 2.20. The molecule has 0 radical (unpaired) electrons. The number of aromatic nitrogens is 2. The summed E-state index contributed by atoms with van der Waals surface area (Å²) in [6.07, 6.45) is 1.52. The van der Waals surface area contributed by atoms with E-state index in [1.165, 1.54) is 25.8 Å². The maximum atomic E-state index is 12.7. The molecule has 0 spiro atoms. The molecule has 0 aliphatic rings. The number of hydrogen-bond donors (Lipinski definition) is 1. The Kier molecular flexibility index (Phi) is 6.80. The van der Waals surface area contributed by atoms with E-state index >= 15 is 0 Å². The molecule has 32 heavy (non-hydrogen) atoms. The normalized spacial score (nSPS) is 10.9. The number of nitriles is 1. The van der Waals surface area contributed by atoms with Gasteiger partial charge in [-0.25, -0.2) is 5.43 Å². The highest BCUT2D eigenvalue weighted by atomic mass is 16.5. The Hall–Kier alpha value is -4.25. The molecule has 1 heterocycles. The van der Waals surface area contributed by atoms with Crippen LogP contribution < -0.4 is 15.7 Å². The van der Waals surface area contributed by atoms with Gasteiger partial charge in [0.25, 0.3) is 11.5 Å².